The van der Waals surface area contributed by atoms with Crippen molar-refractivity contribution in [1.82, 2.24) is 9.88 Å². The molecule has 122 valence electrons. The highest BCUT2D eigenvalue weighted by Gasteiger charge is 2.13. The van der Waals surface area contributed by atoms with Gasteiger partial charge < -0.3 is 15.0 Å². The fraction of sp³-hybridized carbons (Fsp3) is 0.312. The average molecular weight is 333 g/mol. The minimum absolute atomic E-state index is 0.126. The molecule has 2 amide bonds. The molecule has 0 saturated heterocycles. The lowest BCUT2D eigenvalue weighted by molar-refractivity contribution is -0.116. The van der Waals surface area contributed by atoms with Crippen LogP contribution in [0.15, 0.2) is 36.5 Å². The van der Waals surface area contributed by atoms with Crippen LogP contribution in [-0.2, 0) is 4.79 Å². The summed E-state index contributed by atoms with van der Waals surface area (Å²) in [4.78, 5) is 29.6. The van der Waals surface area contributed by atoms with Crippen molar-refractivity contribution in [3.63, 3.8) is 0 Å². The molecule has 6 nitrogen and oxygen atoms in total. The van der Waals surface area contributed by atoms with Gasteiger partial charge in [0.2, 0.25) is 5.91 Å². The van der Waals surface area contributed by atoms with E-state index in [9.17, 15) is 9.59 Å². The maximum Gasteiger partial charge on any atom is 0.265 e. The molecule has 0 saturated carbocycles. The normalized spacial score (nSPS) is 10.2. The van der Waals surface area contributed by atoms with Gasteiger partial charge in [0.05, 0.1) is 12.8 Å². The van der Waals surface area contributed by atoms with E-state index in [0.717, 1.165) is 5.75 Å². The van der Waals surface area contributed by atoms with Crippen molar-refractivity contribution in [1.29, 1.82) is 0 Å². The van der Waals surface area contributed by atoms with Crippen molar-refractivity contribution in [3.8, 4) is 5.75 Å². The minimum atomic E-state index is -0.139. The maximum atomic E-state index is 11.8. The highest BCUT2D eigenvalue weighted by Crippen LogP contribution is 2.19. The van der Waals surface area contributed by atoms with Crippen molar-refractivity contribution < 1.29 is 14.3 Å². The Kier molecular flexibility index (Phi) is 6.10. The van der Waals surface area contributed by atoms with Gasteiger partial charge in [-0.15, -0.1) is 0 Å². The Balaban J connectivity index is 1.71. The van der Waals surface area contributed by atoms with E-state index < -0.39 is 0 Å². The van der Waals surface area contributed by atoms with Gasteiger partial charge >= 0.3 is 0 Å². The van der Waals surface area contributed by atoms with Crippen molar-refractivity contribution >= 4 is 28.3 Å². The fourth-order valence-electron chi connectivity index (χ4n) is 1.77. The summed E-state index contributed by atoms with van der Waals surface area (Å²) < 4.78 is 5.53. The first-order valence-corrected chi connectivity index (χ1v) is 8.03. The van der Waals surface area contributed by atoms with Gasteiger partial charge in [0, 0.05) is 20.5 Å². The van der Waals surface area contributed by atoms with Crippen molar-refractivity contribution in [3.05, 3.63) is 41.4 Å². The molecule has 2 aromatic rings. The smallest absolute Gasteiger partial charge is 0.265 e. The maximum absolute atomic E-state index is 11.8. The Labute approximate surface area is 139 Å². The number of anilines is 1. The van der Waals surface area contributed by atoms with Gasteiger partial charge in [-0.1, -0.05) is 29.5 Å². The second kappa shape index (κ2) is 8.28. The first kappa shape index (κ1) is 17.0. The second-order valence-corrected chi connectivity index (χ2v) is 6.07. The molecule has 1 aromatic heterocycles. The molecule has 0 radical (unpaired) electrons. The molecular formula is C16H19N3O3S. The lowest BCUT2D eigenvalue weighted by Gasteiger charge is -2.06. The Hall–Kier alpha value is -2.41. The van der Waals surface area contributed by atoms with Crippen molar-refractivity contribution in [2.45, 2.75) is 12.8 Å². The predicted octanol–water partition coefficient (Wildman–Crippen LogP) is 2.64. The predicted molar refractivity (Wildman–Crippen MR) is 89.9 cm³/mol. The number of hydrogen-bond donors (Lipinski definition) is 1. The zero-order valence-electron chi connectivity index (χ0n) is 13.1. The lowest BCUT2D eigenvalue weighted by Crippen LogP contribution is -2.20. The highest BCUT2D eigenvalue weighted by atomic mass is 32.1. The van der Waals surface area contributed by atoms with E-state index in [1.54, 1.807) is 14.1 Å². The molecule has 1 N–H and O–H groups in total. The van der Waals surface area contributed by atoms with Crippen LogP contribution >= 0.6 is 11.3 Å². The van der Waals surface area contributed by atoms with Gasteiger partial charge in [-0.2, -0.15) is 0 Å². The van der Waals surface area contributed by atoms with Crippen LogP contribution in [0.2, 0.25) is 0 Å². The third kappa shape index (κ3) is 5.37. The minimum Gasteiger partial charge on any atom is -0.494 e. The zero-order chi connectivity index (χ0) is 16.7. The summed E-state index contributed by atoms with van der Waals surface area (Å²) >= 11 is 1.17. The number of carbonyl (C=O) groups is 2. The molecule has 1 heterocycles. The zero-order valence-corrected chi connectivity index (χ0v) is 13.9. The van der Waals surface area contributed by atoms with Crippen LogP contribution in [0.25, 0.3) is 0 Å². The summed E-state index contributed by atoms with van der Waals surface area (Å²) in [5, 5.41) is 3.13. The first-order chi connectivity index (χ1) is 11.1. The van der Waals surface area contributed by atoms with Crippen molar-refractivity contribution in [2.75, 3.05) is 26.0 Å². The SMILES string of the molecule is CN(C)C(=O)c1cnc(NC(=O)CCCOc2ccccc2)s1. The number of rotatable bonds is 7. The van der Waals surface area contributed by atoms with Gasteiger partial charge in [-0.3, -0.25) is 9.59 Å². The number of thiazole rings is 1. The Morgan fingerprint density at radius 2 is 2.00 bits per heavy atom. The summed E-state index contributed by atoms with van der Waals surface area (Å²) in [6.45, 7) is 0.472. The van der Waals surface area contributed by atoms with Crippen LogP contribution in [-0.4, -0.2) is 42.4 Å². The largest absolute Gasteiger partial charge is 0.494 e. The van der Waals surface area contributed by atoms with E-state index in [2.05, 4.69) is 10.3 Å². The number of nitrogens with zero attached hydrogens (tertiary/aromatic N) is 2. The van der Waals surface area contributed by atoms with Gasteiger partial charge in [0.1, 0.15) is 10.6 Å². The highest BCUT2D eigenvalue weighted by molar-refractivity contribution is 7.17. The topological polar surface area (TPSA) is 71.5 Å². The van der Waals surface area contributed by atoms with Crippen LogP contribution in [0.5, 0.6) is 5.75 Å². The summed E-state index contributed by atoms with van der Waals surface area (Å²) in [6, 6.07) is 9.47. The van der Waals surface area contributed by atoms with Crippen LogP contribution in [0.3, 0.4) is 0 Å². The van der Waals surface area contributed by atoms with E-state index >= 15 is 0 Å². The molecule has 23 heavy (non-hydrogen) atoms. The van der Waals surface area contributed by atoms with Gasteiger partial charge in [0.15, 0.2) is 5.13 Å². The molecule has 0 fully saturated rings. The lowest BCUT2D eigenvalue weighted by atomic mass is 10.3. The van der Waals surface area contributed by atoms with E-state index in [4.69, 9.17) is 4.74 Å². The molecule has 0 bridgehead atoms. The van der Waals surface area contributed by atoms with E-state index in [-0.39, 0.29) is 11.8 Å². The van der Waals surface area contributed by atoms with E-state index in [1.807, 2.05) is 30.3 Å². The molecule has 2 rings (SSSR count). The number of para-hydroxylation sites is 1. The fourth-order valence-corrected chi connectivity index (χ4v) is 2.63. The quantitative estimate of drug-likeness (QED) is 0.791. The van der Waals surface area contributed by atoms with E-state index in [1.165, 1.54) is 22.4 Å². The Bertz CT molecular complexity index is 656. The number of amides is 2. The standard InChI is InChI=1S/C16H19N3O3S/c1-19(2)15(21)13-11-17-16(23-13)18-14(20)9-6-10-22-12-7-4-3-5-8-12/h3-5,7-8,11H,6,9-10H2,1-2H3,(H,17,18,20). The van der Waals surface area contributed by atoms with Crippen LogP contribution in [0.1, 0.15) is 22.5 Å². The number of nitrogens with one attached hydrogen (secondary N) is 1. The summed E-state index contributed by atoms with van der Waals surface area (Å²) in [7, 11) is 3.35. The van der Waals surface area contributed by atoms with E-state index in [0.29, 0.717) is 29.5 Å². The second-order valence-electron chi connectivity index (χ2n) is 5.04. The molecule has 0 spiro atoms. The van der Waals surface area contributed by atoms with Gasteiger partial charge in [0.25, 0.3) is 5.91 Å². The van der Waals surface area contributed by atoms with Crippen molar-refractivity contribution in [2.24, 2.45) is 0 Å². The molecule has 0 aliphatic heterocycles. The Morgan fingerprint density at radius 3 is 2.70 bits per heavy atom. The number of hydrogen-bond acceptors (Lipinski definition) is 5. The number of carbonyl (C=O) groups excluding carboxylic acids is 2. The third-order valence-electron chi connectivity index (χ3n) is 2.93. The average Bonchev–Trinajstić information content (AvgIpc) is 3.00. The number of ether oxygens (including phenoxy) is 1. The molecule has 7 heteroatoms. The van der Waals surface area contributed by atoms with Gasteiger partial charge in [-0.05, 0) is 18.6 Å². The Morgan fingerprint density at radius 1 is 1.26 bits per heavy atom. The number of benzene rings is 1. The van der Waals surface area contributed by atoms with Crippen LogP contribution < -0.4 is 10.1 Å². The summed E-state index contributed by atoms with van der Waals surface area (Å²) in [6.07, 6.45) is 2.42. The summed E-state index contributed by atoms with van der Waals surface area (Å²) in [5.41, 5.74) is 0. The molecule has 0 aliphatic rings. The molecule has 0 atom stereocenters. The third-order valence-corrected chi connectivity index (χ3v) is 3.83. The van der Waals surface area contributed by atoms with Gasteiger partial charge in [-0.25, -0.2) is 4.98 Å². The molecular weight excluding hydrogens is 314 g/mol. The molecule has 1 aromatic carbocycles. The molecule has 0 unspecified atom stereocenters. The monoisotopic (exact) mass is 333 g/mol. The molecule has 0 aliphatic carbocycles. The van der Waals surface area contributed by atoms with Crippen LogP contribution in [0.4, 0.5) is 5.13 Å². The first-order valence-electron chi connectivity index (χ1n) is 7.21. The number of aromatic nitrogens is 1. The summed E-state index contributed by atoms with van der Waals surface area (Å²) in [5.74, 6) is 0.527. The van der Waals surface area contributed by atoms with Crippen LogP contribution in [0, 0.1) is 0 Å².